The Balaban J connectivity index is 1.35. The molecule has 0 N–H and O–H groups in total. The fourth-order valence-electron chi connectivity index (χ4n) is 4.48. The van der Waals surface area contributed by atoms with Crippen molar-refractivity contribution in [2.45, 2.75) is 16.7 Å². The highest BCUT2D eigenvalue weighted by Gasteiger charge is 2.33. The van der Waals surface area contributed by atoms with Crippen LogP contribution in [0.2, 0.25) is 0 Å². The Labute approximate surface area is 228 Å². The second kappa shape index (κ2) is 10.9. The minimum Gasteiger partial charge on any atom is -0.486 e. The molecular weight excluding hydrogens is 542 g/mol. The zero-order chi connectivity index (χ0) is 27.6. The first kappa shape index (κ1) is 27.0. The van der Waals surface area contributed by atoms with Gasteiger partial charge in [0.15, 0.2) is 11.5 Å². The number of nitrogens with zero attached hydrogens (tertiary/aromatic N) is 3. The lowest BCUT2D eigenvalue weighted by Gasteiger charge is -2.35. The molecule has 0 atom stereocenters. The van der Waals surface area contributed by atoms with Crippen LogP contribution in [0.3, 0.4) is 0 Å². The fourth-order valence-corrected chi connectivity index (χ4v) is 7.33. The Morgan fingerprint density at radius 1 is 0.795 bits per heavy atom. The van der Waals surface area contributed by atoms with Gasteiger partial charge in [-0.25, -0.2) is 16.8 Å². The van der Waals surface area contributed by atoms with Gasteiger partial charge in [0, 0.05) is 32.2 Å². The van der Waals surface area contributed by atoms with Crippen LogP contribution >= 0.6 is 0 Å². The molecule has 0 spiro atoms. The predicted octanol–water partition coefficient (Wildman–Crippen LogP) is 2.49. The van der Waals surface area contributed by atoms with Crippen molar-refractivity contribution in [2.24, 2.45) is 0 Å². The largest absolute Gasteiger partial charge is 0.486 e. The molecule has 0 aromatic heterocycles. The van der Waals surface area contributed by atoms with Crippen LogP contribution in [0.1, 0.15) is 5.56 Å². The van der Waals surface area contributed by atoms with Crippen molar-refractivity contribution in [1.82, 2.24) is 9.21 Å². The van der Waals surface area contributed by atoms with Crippen LogP contribution in [-0.2, 0) is 24.8 Å². The van der Waals surface area contributed by atoms with E-state index >= 15 is 0 Å². The highest BCUT2D eigenvalue weighted by molar-refractivity contribution is 7.92. The van der Waals surface area contributed by atoms with Gasteiger partial charge < -0.3 is 14.4 Å². The van der Waals surface area contributed by atoms with Gasteiger partial charge in [0.2, 0.25) is 15.9 Å². The number of hydrogen-bond acceptors (Lipinski definition) is 7. The molecule has 3 aromatic carbocycles. The summed E-state index contributed by atoms with van der Waals surface area (Å²) in [5.74, 6) is 0.463. The van der Waals surface area contributed by atoms with Gasteiger partial charge >= 0.3 is 0 Å². The van der Waals surface area contributed by atoms with Gasteiger partial charge in [-0.2, -0.15) is 4.31 Å². The Bertz CT molecular complexity index is 1550. The van der Waals surface area contributed by atoms with E-state index in [2.05, 4.69) is 0 Å². The van der Waals surface area contributed by atoms with Crippen LogP contribution in [-0.4, -0.2) is 77.9 Å². The second-order valence-corrected chi connectivity index (χ2v) is 13.1. The molecule has 0 saturated carbocycles. The molecule has 2 heterocycles. The van der Waals surface area contributed by atoms with E-state index in [0.29, 0.717) is 24.7 Å². The third-order valence-electron chi connectivity index (χ3n) is 6.67. The van der Waals surface area contributed by atoms with Crippen molar-refractivity contribution in [3.05, 3.63) is 78.4 Å². The summed E-state index contributed by atoms with van der Waals surface area (Å²) in [6, 6.07) is 19.3. The number of carbonyl (C=O) groups excluding carboxylic acids is 1. The number of amides is 1. The zero-order valence-electron chi connectivity index (χ0n) is 21.4. The van der Waals surface area contributed by atoms with Crippen LogP contribution in [0.5, 0.6) is 11.5 Å². The van der Waals surface area contributed by atoms with Crippen molar-refractivity contribution in [3.63, 3.8) is 0 Å². The first-order valence-corrected chi connectivity index (χ1v) is 15.4. The normalized spacial score (nSPS) is 16.1. The van der Waals surface area contributed by atoms with E-state index in [9.17, 15) is 21.6 Å². The average molecular weight is 572 g/mol. The number of aryl methyl sites for hydroxylation is 1. The van der Waals surface area contributed by atoms with Crippen LogP contribution in [0.15, 0.2) is 82.6 Å². The van der Waals surface area contributed by atoms with Crippen molar-refractivity contribution in [2.75, 3.05) is 50.2 Å². The molecule has 3 aromatic rings. The smallest absolute Gasteiger partial charge is 0.264 e. The minimum atomic E-state index is -4.10. The number of fused-ring (bicyclic) bond motifs is 1. The quantitative estimate of drug-likeness (QED) is 0.428. The van der Waals surface area contributed by atoms with Gasteiger partial charge in [-0.1, -0.05) is 35.9 Å². The van der Waals surface area contributed by atoms with E-state index in [1.54, 1.807) is 60.7 Å². The summed E-state index contributed by atoms with van der Waals surface area (Å²) in [4.78, 5) is 15.1. The lowest BCUT2D eigenvalue weighted by Crippen LogP contribution is -2.53. The molecule has 0 bridgehead atoms. The Hall–Kier alpha value is -3.61. The molecule has 1 saturated heterocycles. The Morgan fingerprint density at radius 3 is 2.10 bits per heavy atom. The fraction of sp³-hybridized carbons (Fsp3) is 0.296. The lowest BCUT2D eigenvalue weighted by atomic mass is 10.2. The maximum absolute atomic E-state index is 13.7. The highest BCUT2D eigenvalue weighted by atomic mass is 32.2. The van der Waals surface area contributed by atoms with Crippen LogP contribution < -0.4 is 13.8 Å². The predicted molar refractivity (Wildman–Crippen MR) is 145 cm³/mol. The summed E-state index contributed by atoms with van der Waals surface area (Å²) in [5.41, 5.74) is 1.22. The first-order chi connectivity index (χ1) is 18.7. The first-order valence-electron chi connectivity index (χ1n) is 12.5. The summed E-state index contributed by atoms with van der Waals surface area (Å²) in [6.07, 6.45) is 0. The summed E-state index contributed by atoms with van der Waals surface area (Å²) in [7, 11) is -7.80. The third kappa shape index (κ3) is 5.58. The summed E-state index contributed by atoms with van der Waals surface area (Å²) in [5, 5.41) is 0. The number of ether oxygens (including phenoxy) is 2. The van der Waals surface area contributed by atoms with Gasteiger partial charge in [0.05, 0.1) is 15.5 Å². The average Bonchev–Trinajstić information content (AvgIpc) is 2.96. The number of anilines is 1. The highest BCUT2D eigenvalue weighted by Crippen LogP contribution is 2.36. The maximum atomic E-state index is 13.7. The van der Waals surface area contributed by atoms with E-state index in [1.807, 2.05) is 6.92 Å². The SMILES string of the molecule is Cc1ccc(S(=O)(=O)N2CCN(C(=O)CN(c3ccc4c(c3)OCCO4)S(=O)(=O)c3ccccc3)CC2)cc1. The Kier molecular flexibility index (Phi) is 7.52. The molecule has 10 nitrogen and oxygen atoms in total. The molecule has 0 aliphatic carbocycles. The molecule has 0 radical (unpaired) electrons. The number of carbonyl (C=O) groups is 1. The number of sulfonamides is 2. The van der Waals surface area contributed by atoms with Crippen molar-refractivity contribution < 1.29 is 31.1 Å². The van der Waals surface area contributed by atoms with Gasteiger partial charge in [-0.15, -0.1) is 0 Å². The number of benzene rings is 3. The van der Waals surface area contributed by atoms with Gasteiger partial charge in [0.1, 0.15) is 19.8 Å². The van der Waals surface area contributed by atoms with Crippen molar-refractivity contribution >= 4 is 31.6 Å². The zero-order valence-corrected chi connectivity index (χ0v) is 23.0. The molecule has 5 rings (SSSR count). The van der Waals surface area contributed by atoms with Gasteiger partial charge in [0.25, 0.3) is 10.0 Å². The molecule has 39 heavy (non-hydrogen) atoms. The third-order valence-corrected chi connectivity index (χ3v) is 10.4. The Morgan fingerprint density at radius 2 is 1.44 bits per heavy atom. The van der Waals surface area contributed by atoms with Crippen molar-refractivity contribution in [1.29, 1.82) is 0 Å². The van der Waals surface area contributed by atoms with Gasteiger partial charge in [-0.05, 0) is 43.3 Å². The molecule has 12 heteroatoms. The van der Waals surface area contributed by atoms with Crippen molar-refractivity contribution in [3.8, 4) is 11.5 Å². The maximum Gasteiger partial charge on any atom is 0.264 e. The number of piperazine rings is 1. The lowest BCUT2D eigenvalue weighted by molar-refractivity contribution is -0.130. The number of rotatable bonds is 7. The van der Waals surface area contributed by atoms with Gasteiger partial charge in [-0.3, -0.25) is 9.10 Å². The monoisotopic (exact) mass is 571 g/mol. The molecular formula is C27H29N3O7S2. The minimum absolute atomic E-state index is 0.0432. The van der Waals surface area contributed by atoms with Crippen LogP contribution in [0.25, 0.3) is 0 Å². The second-order valence-electron chi connectivity index (χ2n) is 9.25. The molecule has 1 fully saturated rings. The van der Waals surface area contributed by atoms with E-state index < -0.39 is 32.5 Å². The van der Waals surface area contributed by atoms with Crippen LogP contribution in [0.4, 0.5) is 5.69 Å². The van der Waals surface area contributed by atoms with E-state index in [-0.39, 0.29) is 41.7 Å². The van der Waals surface area contributed by atoms with E-state index in [1.165, 1.54) is 21.3 Å². The van der Waals surface area contributed by atoms with E-state index in [0.717, 1.165) is 9.87 Å². The van der Waals surface area contributed by atoms with E-state index in [4.69, 9.17) is 9.47 Å². The molecule has 1 amide bonds. The standard InChI is InChI=1S/C27H29N3O7S2/c1-21-7-10-24(11-8-21)38(32,33)29-15-13-28(14-16-29)27(31)20-30(39(34,35)23-5-3-2-4-6-23)22-9-12-25-26(19-22)37-18-17-36-25/h2-12,19H,13-18,20H2,1H3. The summed E-state index contributed by atoms with van der Waals surface area (Å²) >= 11 is 0. The van der Waals surface area contributed by atoms with Crippen LogP contribution in [0, 0.1) is 6.92 Å². The molecule has 2 aliphatic heterocycles. The molecule has 0 unspecified atom stereocenters. The molecule has 2 aliphatic rings. The summed E-state index contributed by atoms with van der Waals surface area (Å²) in [6.45, 7) is 2.65. The topological polar surface area (TPSA) is 114 Å². The summed E-state index contributed by atoms with van der Waals surface area (Å²) < 4.78 is 67.1. The molecule has 206 valence electrons. The number of hydrogen-bond donors (Lipinski definition) is 0.